The molecule has 0 N–H and O–H groups in total. The molecule has 0 spiro atoms. The van der Waals surface area contributed by atoms with Gasteiger partial charge in [0.1, 0.15) is 5.82 Å². The second kappa shape index (κ2) is 6.66. The number of rotatable bonds is 4. The Kier molecular flexibility index (Phi) is 4.90. The lowest BCUT2D eigenvalue weighted by molar-refractivity contribution is 0.0751. The zero-order valence-corrected chi connectivity index (χ0v) is 12.7. The largest absolute Gasteiger partial charge is 0.335 e. The Morgan fingerprint density at radius 3 is 2.60 bits per heavy atom. The van der Waals surface area contributed by atoms with Crippen LogP contribution in [-0.2, 0) is 6.54 Å². The summed E-state index contributed by atoms with van der Waals surface area (Å²) in [6.07, 6.45) is 0. The Morgan fingerprint density at radius 2 is 1.95 bits per heavy atom. The summed E-state index contributed by atoms with van der Waals surface area (Å²) in [5.41, 5.74) is 1.40. The van der Waals surface area contributed by atoms with Gasteiger partial charge in [0.05, 0.1) is 5.56 Å². The Hall–Kier alpha value is -1.68. The van der Waals surface area contributed by atoms with E-state index in [1.54, 1.807) is 17.0 Å². The van der Waals surface area contributed by atoms with E-state index >= 15 is 0 Å². The van der Waals surface area contributed by atoms with Crippen molar-refractivity contribution in [1.29, 1.82) is 0 Å². The summed E-state index contributed by atoms with van der Waals surface area (Å²) in [5.74, 6) is -0.351. The first-order valence-corrected chi connectivity index (χ1v) is 7.19. The van der Waals surface area contributed by atoms with Crippen LogP contribution in [0.5, 0.6) is 0 Å². The number of halogens is 2. The van der Waals surface area contributed by atoms with Gasteiger partial charge in [-0.1, -0.05) is 24.3 Å². The Balaban J connectivity index is 2.20. The molecule has 2 rings (SSSR count). The maximum atomic E-state index is 13.2. The number of nitrogens with zero attached hydrogens (tertiary/aromatic N) is 1. The first-order chi connectivity index (χ1) is 9.61. The molecule has 0 atom stereocenters. The summed E-state index contributed by atoms with van der Waals surface area (Å²) in [6, 6.07) is 13.6. The van der Waals surface area contributed by atoms with Gasteiger partial charge >= 0.3 is 0 Å². The molecule has 0 fully saturated rings. The van der Waals surface area contributed by atoms with E-state index in [9.17, 15) is 9.18 Å². The summed E-state index contributed by atoms with van der Waals surface area (Å²) >= 11 is 3.38. The molecule has 0 aliphatic rings. The highest BCUT2D eigenvalue weighted by atomic mass is 79.9. The van der Waals surface area contributed by atoms with Crippen LogP contribution in [0.4, 0.5) is 4.39 Å². The lowest BCUT2D eigenvalue weighted by Crippen LogP contribution is -2.30. The van der Waals surface area contributed by atoms with Crippen LogP contribution in [0.2, 0.25) is 0 Å². The third kappa shape index (κ3) is 3.45. The number of benzene rings is 2. The number of amides is 1. The van der Waals surface area contributed by atoms with E-state index in [-0.39, 0.29) is 11.7 Å². The monoisotopic (exact) mass is 335 g/mol. The van der Waals surface area contributed by atoms with Crippen LogP contribution in [0, 0.1) is 5.82 Å². The van der Waals surface area contributed by atoms with E-state index in [2.05, 4.69) is 15.9 Å². The Morgan fingerprint density at radius 1 is 1.20 bits per heavy atom. The smallest absolute Gasteiger partial charge is 0.255 e. The summed E-state index contributed by atoms with van der Waals surface area (Å²) in [7, 11) is 0. The molecule has 2 aromatic carbocycles. The molecule has 2 nitrogen and oxygen atoms in total. The fraction of sp³-hybridized carbons (Fsp3) is 0.188. The predicted molar refractivity (Wildman–Crippen MR) is 81.0 cm³/mol. The molecule has 4 heteroatoms. The third-order valence-corrected chi connectivity index (χ3v) is 3.73. The minimum Gasteiger partial charge on any atom is -0.335 e. The lowest BCUT2D eigenvalue weighted by Gasteiger charge is -2.21. The molecule has 0 aromatic heterocycles. The van der Waals surface area contributed by atoms with Crippen LogP contribution in [0.1, 0.15) is 22.8 Å². The number of hydrogen-bond donors (Lipinski definition) is 0. The second-order valence-corrected chi connectivity index (χ2v) is 5.28. The van der Waals surface area contributed by atoms with E-state index in [1.807, 2.05) is 31.2 Å². The van der Waals surface area contributed by atoms with E-state index < -0.39 is 0 Å². The predicted octanol–water partition coefficient (Wildman–Crippen LogP) is 4.25. The summed E-state index contributed by atoms with van der Waals surface area (Å²) in [4.78, 5) is 14.2. The molecule has 0 radical (unpaired) electrons. The standard InChI is InChI=1S/C16H15BrFNO/c1-2-19(11-12-6-5-7-13(18)10-12)16(20)14-8-3-4-9-15(14)17/h3-10H,2,11H2,1H3. The second-order valence-electron chi connectivity index (χ2n) is 4.43. The van der Waals surface area contributed by atoms with E-state index in [1.165, 1.54) is 12.1 Å². The molecule has 1 amide bonds. The number of carbonyl (C=O) groups excluding carboxylic acids is 1. The van der Waals surface area contributed by atoms with Crippen molar-refractivity contribution >= 4 is 21.8 Å². The fourth-order valence-electron chi connectivity index (χ4n) is 1.99. The topological polar surface area (TPSA) is 20.3 Å². The van der Waals surface area contributed by atoms with Crippen LogP contribution >= 0.6 is 15.9 Å². The Bertz CT molecular complexity index is 615. The first-order valence-electron chi connectivity index (χ1n) is 6.40. The molecule has 104 valence electrons. The van der Waals surface area contributed by atoms with Crippen molar-refractivity contribution in [3.63, 3.8) is 0 Å². The van der Waals surface area contributed by atoms with Gasteiger partial charge in [-0.2, -0.15) is 0 Å². The minimum atomic E-state index is -0.285. The average Bonchev–Trinajstić information content (AvgIpc) is 2.44. The van der Waals surface area contributed by atoms with Crippen molar-refractivity contribution in [1.82, 2.24) is 4.90 Å². The minimum absolute atomic E-state index is 0.0655. The van der Waals surface area contributed by atoms with Crippen LogP contribution in [0.25, 0.3) is 0 Å². The van der Waals surface area contributed by atoms with Crippen molar-refractivity contribution < 1.29 is 9.18 Å². The van der Waals surface area contributed by atoms with E-state index in [0.717, 1.165) is 10.0 Å². The summed E-state index contributed by atoms with van der Waals surface area (Å²) in [6.45, 7) is 2.87. The quantitative estimate of drug-likeness (QED) is 0.817. The molecule has 20 heavy (non-hydrogen) atoms. The van der Waals surface area contributed by atoms with Gasteiger partial charge < -0.3 is 4.90 Å². The Labute approximate surface area is 126 Å². The SMILES string of the molecule is CCN(Cc1cccc(F)c1)C(=O)c1ccccc1Br. The van der Waals surface area contributed by atoms with E-state index in [0.29, 0.717) is 18.7 Å². The molecule has 2 aromatic rings. The fourth-order valence-corrected chi connectivity index (χ4v) is 2.44. The third-order valence-electron chi connectivity index (χ3n) is 3.04. The summed E-state index contributed by atoms with van der Waals surface area (Å²) in [5, 5.41) is 0. The van der Waals surface area contributed by atoms with Gasteiger partial charge in [-0.25, -0.2) is 4.39 Å². The molecule has 0 saturated heterocycles. The maximum Gasteiger partial charge on any atom is 0.255 e. The highest BCUT2D eigenvalue weighted by Crippen LogP contribution is 2.19. The molecule has 0 aliphatic carbocycles. The van der Waals surface area contributed by atoms with Gasteiger partial charge in [0.2, 0.25) is 0 Å². The van der Waals surface area contributed by atoms with Gasteiger partial charge in [0.15, 0.2) is 0 Å². The van der Waals surface area contributed by atoms with Crippen LogP contribution in [0.15, 0.2) is 53.0 Å². The molecule has 0 heterocycles. The number of carbonyl (C=O) groups is 1. The zero-order chi connectivity index (χ0) is 14.5. The molecule has 0 aliphatic heterocycles. The molecular formula is C16H15BrFNO. The van der Waals surface area contributed by atoms with Gasteiger partial charge in [0.25, 0.3) is 5.91 Å². The molecule has 0 unspecified atom stereocenters. The van der Waals surface area contributed by atoms with Gasteiger partial charge in [-0.05, 0) is 52.7 Å². The highest BCUT2D eigenvalue weighted by Gasteiger charge is 2.16. The van der Waals surface area contributed by atoms with Crippen LogP contribution in [-0.4, -0.2) is 17.4 Å². The molecule has 0 saturated carbocycles. The van der Waals surface area contributed by atoms with Crippen molar-refractivity contribution in [3.05, 3.63) is 69.9 Å². The highest BCUT2D eigenvalue weighted by molar-refractivity contribution is 9.10. The first kappa shape index (κ1) is 14.7. The van der Waals surface area contributed by atoms with E-state index in [4.69, 9.17) is 0 Å². The maximum absolute atomic E-state index is 13.2. The van der Waals surface area contributed by atoms with Crippen molar-refractivity contribution in [2.45, 2.75) is 13.5 Å². The lowest BCUT2D eigenvalue weighted by atomic mass is 10.1. The molecular weight excluding hydrogens is 321 g/mol. The average molecular weight is 336 g/mol. The van der Waals surface area contributed by atoms with Gasteiger partial charge in [-0.3, -0.25) is 4.79 Å². The van der Waals surface area contributed by atoms with Gasteiger partial charge in [-0.15, -0.1) is 0 Å². The van der Waals surface area contributed by atoms with Crippen LogP contribution < -0.4 is 0 Å². The zero-order valence-electron chi connectivity index (χ0n) is 11.1. The normalized spacial score (nSPS) is 10.3. The number of hydrogen-bond acceptors (Lipinski definition) is 1. The van der Waals surface area contributed by atoms with Crippen molar-refractivity contribution in [2.24, 2.45) is 0 Å². The van der Waals surface area contributed by atoms with Gasteiger partial charge in [0, 0.05) is 17.6 Å². The van der Waals surface area contributed by atoms with Crippen LogP contribution in [0.3, 0.4) is 0 Å². The summed E-state index contributed by atoms with van der Waals surface area (Å²) < 4.78 is 14.0. The molecule has 0 bridgehead atoms. The van der Waals surface area contributed by atoms with Crippen molar-refractivity contribution in [2.75, 3.05) is 6.54 Å². The van der Waals surface area contributed by atoms with Crippen molar-refractivity contribution in [3.8, 4) is 0 Å².